The van der Waals surface area contributed by atoms with Gasteiger partial charge in [-0.1, -0.05) is 17.8 Å². The summed E-state index contributed by atoms with van der Waals surface area (Å²) in [5, 5.41) is 8.96. The van der Waals surface area contributed by atoms with Crippen LogP contribution < -0.4 is 4.90 Å². The lowest BCUT2D eigenvalue weighted by molar-refractivity contribution is -0.138. The van der Waals surface area contributed by atoms with Gasteiger partial charge in [-0.25, -0.2) is 8.42 Å². The average Bonchev–Trinajstić information content (AvgIpc) is 2.96. The van der Waals surface area contributed by atoms with Gasteiger partial charge in [-0.3, -0.25) is 9.59 Å². The van der Waals surface area contributed by atoms with E-state index in [1.165, 1.54) is 11.8 Å². The number of anilines is 1. The average molecular weight is 494 g/mol. The van der Waals surface area contributed by atoms with E-state index in [9.17, 15) is 18.0 Å². The number of amidine groups is 1. The highest BCUT2D eigenvalue weighted by molar-refractivity contribution is 14.1. The van der Waals surface area contributed by atoms with Gasteiger partial charge in [0.1, 0.15) is 0 Å². The summed E-state index contributed by atoms with van der Waals surface area (Å²) >= 11 is 3.45. The van der Waals surface area contributed by atoms with Crippen molar-refractivity contribution in [1.82, 2.24) is 0 Å². The Morgan fingerprint density at radius 2 is 2.08 bits per heavy atom. The third-order valence-electron chi connectivity index (χ3n) is 3.93. The van der Waals surface area contributed by atoms with Crippen molar-refractivity contribution in [2.24, 2.45) is 4.99 Å². The number of hydrogen-bond donors (Lipinski definition) is 1. The fraction of sp³-hybridized carbons (Fsp3) is 0.400. The van der Waals surface area contributed by atoms with E-state index < -0.39 is 21.7 Å². The number of aliphatic carboxylic acids is 1. The highest BCUT2D eigenvalue weighted by Gasteiger charge is 2.49. The molecular formula is C15H15IN2O5S2. The Morgan fingerprint density at radius 1 is 1.32 bits per heavy atom. The van der Waals surface area contributed by atoms with Gasteiger partial charge in [-0.2, -0.15) is 4.99 Å². The molecule has 3 rings (SSSR count). The molecule has 7 nitrogen and oxygen atoms in total. The number of benzene rings is 1. The molecule has 134 valence electrons. The van der Waals surface area contributed by atoms with Crippen molar-refractivity contribution < 1.29 is 23.1 Å². The van der Waals surface area contributed by atoms with Crippen LogP contribution in [0.25, 0.3) is 0 Å². The molecule has 2 atom stereocenters. The molecule has 0 bridgehead atoms. The van der Waals surface area contributed by atoms with Crippen molar-refractivity contribution in [2.75, 3.05) is 16.4 Å². The van der Waals surface area contributed by atoms with E-state index in [2.05, 4.69) is 27.6 Å². The van der Waals surface area contributed by atoms with Crippen molar-refractivity contribution in [2.45, 2.75) is 24.1 Å². The van der Waals surface area contributed by atoms with Gasteiger partial charge < -0.3 is 10.0 Å². The number of aliphatic imine (C=N–C) groups is 1. The minimum absolute atomic E-state index is 0.0263. The van der Waals surface area contributed by atoms with Crippen LogP contribution in [-0.2, 0) is 19.4 Å². The second-order valence-corrected chi connectivity index (χ2v) is 10.4. The van der Waals surface area contributed by atoms with Gasteiger partial charge in [0, 0.05) is 20.9 Å². The largest absolute Gasteiger partial charge is 0.481 e. The van der Waals surface area contributed by atoms with Gasteiger partial charge in [0.2, 0.25) is 5.91 Å². The maximum Gasteiger partial charge on any atom is 0.303 e. The molecule has 2 aliphatic heterocycles. The summed E-state index contributed by atoms with van der Waals surface area (Å²) in [5.74, 6) is -1.47. The van der Waals surface area contributed by atoms with Crippen molar-refractivity contribution in [3.05, 3.63) is 27.8 Å². The molecule has 2 fully saturated rings. The quantitative estimate of drug-likeness (QED) is 0.637. The van der Waals surface area contributed by atoms with E-state index in [0.717, 1.165) is 9.26 Å². The summed E-state index contributed by atoms with van der Waals surface area (Å²) < 4.78 is 24.9. The summed E-state index contributed by atoms with van der Waals surface area (Å²) in [7, 11) is -3.11. The van der Waals surface area contributed by atoms with Gasteiger partial charge in [0.15, 0.2) is 15.0 Å². The molecule has 1 aromatic rings. The summed E-state index contributed by atoms with van der Waals surface area (Å²) in [6.45, 7) is 0. The topological polar surface area (TPSA) is 104 Å². The van der Waals surface area contributed by atoms with Gasteiger partial charge in [0.25, 0.3) is 0 Å². The SMILES string of the molecule is O=C(O)CCC(=O)N=C1S[C@@H]2CS(=O)(=O)C[C@H]2N1c1cccc(I)c1. The van der Waals surface area contributed by atoms with Gasteiger partial charge >= 0.3 is 5.97 Å². The molecule has 0 aromatic heterocycles. The number of carbonyl (C=O) groups is 2. The number of hydrogen-bond acceptors (Lipinski definition) is 5. The number of thioether (sulfide) groups is 1. The Balaban J connectivity index is 1.92. The van der Waals surface area contributed by atoms with Gasteiger partial charge in [-0.15, -0.1) is 0 Å². The molecule has 0 saturated carbocycles. The molecule has 1 amide bonds. The predicted octanol–water partition coefficient (Wildman–Crippen LogP) is 1.76. The maximum absolute atomic E-state index is 12.0. The zero-order chi connectivity index (χ0) is 18.2. The number of amides is 1. The normalized spacial score (nSPS) is 26.0. The molecule has 0 spiro atoms. The molecule has 2 saturated heterocycles. The second-order valence-electron chi connectivity index (χ2n) is 5.83. The molecule has 0 aliphatic carbocycles. The number of sulfone groups is 1. The van der Waals surface area contributed by atoms with Crippen LogP contribution in [-0.4, -0.2) is 53.4 Å². The lowest BCUT2D eigenvalue weighted by Crippen LogP contribution is -2.37. The monoisotopic (exact) mass is 494 g/mol. The van der Waals surface area contributed by atoms with E-state index >= 15 is 0 Å². The number of fused-ring (bicyclic) bond motifs is 1. The van der Waals surface area contributed by atoms with Gasteiger partial charge in [-0.05, 0) is 40.8 Å². The number of nitrogens with zero attached hydrogens (tertiary/aromatic N) is 2. The number of rotatable bonds is 4. The molecule has 10 heteroatoms. The highest BCUT2D eigenvalue weighted by atomic mass is 127. The van der Waals surface area contributed by atoms with E-state index in [4.69, 9.17) is 5.11 Å². The van der Waals surface area contributed by atoms with Crippen LogP contribution >= 0.6 is 34.4 Å². The fourth-order valence-corrected chi connectivity index (χ4v) is 7.33. The minimum atomic E-state index is -3.11. The van der Waals surface area contributed by atoms with E-state index in [0.29, 0.717) is 5.17 Å². The first kappa shape index (κ1) is 18.6. The second kappa shape index (κ2) is 7.23. The highest BCUT2D eigenvalue weighted by Crippen LogP contribution is 2.41. The van der Waals surface area contributed by atoms with Crippen LogP contribution in [0.1, 0.15) is 12.8 Å². The smallest absolute Gasteiger partial charge is 0.303 e. The first-order chi connectivity index (χ1) is 11.7. The number of carbonyl (C=O) groups excluding carboxylic acids is 1. The third kappa shape index (κ3) is 4.34. The van der Waals surface area contributed by atoms with Crippen LogP contribution in [0.2, 0.25) is 0 Å². The van der Waals surface area contributed by atoms with E-state index in [-0.39, 0.29) is 35.6 Å². The fourth-order valence-electron chi connectivity index (χ4n) is 2.87. The zero-order valence-electron chi connectivity index (χ0n) is 13.0. The molecule has 1 aromatic carbocycles. The molecule has 1 N–H and O–H groups in total. The van der Waals surface area contributed by atoms with Crippen LogP contribution in [0.5, 0.6) is 0 Å². The van der Waals surface area contributed by atoms with Crippen LogP contribution in [0.4, 0.5) is 5.69 Å². The van der Waals surface area contributed by atoms with Crippen molar-refractivity contribution in [1.29, 1.82) is 0 Å². The lowest BCUT2D eigenvalue weighted by atomic mass is 10.2. The Labute approximate surface area is 162 Å². The lowest BCUT2D eigenvalue weighted by Gasteiger charge is -2.24. The summed E-state index contributed by atoms with van der Waals surface area (Å²) in [4.78, 5) is 28.5. The van der Waals surface area contributed by atoms with Crippen LogP contribution in [0, 0.1) is 3.57 Å². The molecule has 0 unspecified atom stereocenters. The third-order valence-corrected chi connectivity index (χ3v) is 7.81. The van der Waals surface area contributed by atoms with Crippen LogP contribution in [0.3, 0.4) is 0 Å². The molecule has 2 aliphatic rings. The van der Waals surface area contributed by atoms with Crippen molar-refractivity contribution >= 4 is 66.9 Å². The molecule has 25 heavy (non-hydrogen) atoms. The molecule has 0 radical (unpaired) electrons. The summed E-state index contributed by atoms with van der Waals surface area (Å²) in [6.07, 6.45) is -0.446. The summed E-state index contributed by atoms with van der Waals surface area (Å²) in [6, 6.07) is 7.28. The van der Waals surface area contributed by atoms with Crippen molar-refractivity contribution in [3.8, 4) is 0 Å². The van der Waals surface area contributed by atoms with E-state index in [1.807, 2.05) is 24.3 Å². The Bertz CT molecular complexity index is 855. The Morgan fingerprint density at radius 3 is 2.76 bits per heavy atom. The predicted molar refractivity (Wildman–Crippen MR) is 105 cm³/mol. The molecular weight excluding hydrogens is 479 g/mol. The zero-order valence-corrected chi connectivity index (χ0v) is 16.8. The number of halogens is 1. The first-order valence-electron chi connectivity index (χ1n) is 7.50. The van der Waals surface area contributed by atoms with Crippen molar-refractivity contribution in [3.63, 3.8) is 0 Å². The Hall–Kier alpha value is -1.14. The van der Waals surface area contributed by atoms with E-state index in [1.54, 1.807) is 4.90 Å². The number of carboxylic acids is 1. The number of carboxylic acid groups (broad SMARTS) is 1. The Kier molecular flexibility index (Phi) is 5.40. The summed E-state index contributed by atoms with van der Waals surface area (Å²) in [5.41, 5.74) is 0.786. The minimum Gasteiger partial charge on any atom is -0.481 e. The molecule has 2 heterocycles. The maximum atomic E-state index is 12.0. The van der Waals surface area contributed by atoms with Gasteiger partial charge in [0.05, 0.1) is 24.0 Å². The van der Waals surface area contributed by atoms with Crippen LogP contribution in [0.15, 0.2) is 29.3 Å². The first-order valence-corrected chi connectivity index (χ1v) is 11.3. The standard InChI is InChI=1S/C15H15IN2O5S2/c16-9-2-1-3-10(6-9)18-11-7-25(22,23)8-12(11)24-15(18)17-13(19)4-5-14(20)21/h1-3,6,11-12H,4-5,7-8H2,(H,20,21)/t11-,12-/m1/s1.